The molecule has 0 aliphatic carbocycles. The minimum absolute atomic E-state index is 0.0709. The Kier molecular flexibility index (Phi) is 5.69. The van der Waals surface area contributed by atoms with Gasteiger partial charge in [-0.25, -0.2) is 9.37 Å². The number of aryl methyl sites for hydroxylation is 1. The van der Waals surface area contributed by atoms with E-state index >= 15 is 0 Å². The highest BCUT2D eigenvalue weighted by Gasteiger charge is 2.16. The predicted molar refractivity (Wildman–Crippen MR) is 85.7 cm³/mol. The van der Waals surface area contributed by atoms with Crippen molar-refractivity contribution in [2.24, 2.45) is 0 Å². The fourth-order valence-corrected chi connectivity index (χ4v) is 3.25. The van der Waals surface area contributed by atoms with E-state index in [1.165, 1.54) is 6.07 Å². The number of halogens is 2. The highest BCUT2D eigenvalue weighted by Crippen LogP contribution is 2.27. The third kappa shape index (κ3) is 4.11. The molecule has 1 aromatic heterocycles. The van der Waals surface area contributed by atoms with Gasteiger partial charge in [0.15, 0.2) is 0 Å². The first-order valence-electron chi connectivity index (χ1n) is 6.69. The van der Waals surface area contributed by atoms with Gasteiger partial charge in [-0.2, -0.15) is 0 Å². The molecule has 2 nitrogen and oxygen atoms in total. The lowest BCUT2D eigenvalue weighted by molar-refractivity contribution is 0.518. The normalized spacial score (nSPS) is 12.6. The van der Waals surface area contributed by atoms with Crippen LogP contribution in [0.1, 0.15) is 35.7 Å². The molecule has 2 rings (SSSR count). The summed E-state index contributed by atoms with van der Waals surface area (Å²) in [5, 5.41) is 6.61. The van der Waals surface area contributed by atoms with Crippen molar-refractivity contribution in [2.45, 2.75) is 32.7 Å². The molecule has 0 bridgehead atoms. The molecule has 20 heavy (non-hydrogen) atoms. The maximum atomic E-state index is 13.5. The van der Waals surface area contributed by atoms with Gasteiger partial charge in [0.25, 0.3) is 0 Å². The van der Waals surface area contributed by atoms with Gasteiger partial charge >= 0.3 is 0 Å². The summed E-state index contributed by atoms with van der Waals surface area (Å²) < 4.78 is 14.4. The molecule has 5 heteroatoms. The van der Waals surface area contributed by atoms with E-state index in [0.29, 0.717) is 0 Å². The minimum atomic E-state index is -0.207. The molecule has 0 spiro atoms. The van der Waals surface area contributed by atoms with Crippen molar-refractivity contribution < 1.29 is 4.39 Å². The van der Waals surface area contributed by atoms with E-state index in [1.807, 2.05) is 6.92 Å². The third-order valence-corrected chi connectivity index (χ3v) is 4.60. The third-order valence-electron chi connectivity index (χ3n) is 3.05. The topological polar surface area (TPSA) is 24.9 Å². The average Bonchev–Trinajstić information content (AvgIpc) is 2.83. The van der Waals surface area contributed by atoms with Crippen molar-refractivity contribution in [2.75, 3.05) is 6.54 Å². The van der Waals surface area contributed by atoms with Crippen LogP contribution in [-0.2, 0) is 6.42 Å². The van der Waals surface area contributed by atoms with Gasteiger partial charge in [0, 0.05) is 22.3 Å². The van der Waals surface area contributed by atoms with E-state index in [4.69, 9.17) is 0 Å². The van der Waals surface area contributed by atoms with Crippen molar-refractivity contribution in [3.8, 4) is 0 Å². The van der Waals surface area contributed by atoms with Gasteiger partial charge in [0.2, 0.25) is 0 Å². The molecule has 1 unspecified atom stereocenters. The van der Waals surface area contributed by atoms with Crippen LogP contribution in [0.25, 0.3) is 0 Å². The van der Waals surface area contributed by atoms with Crippen LogP contribution in [0, 0.1) is 12.7 Å². The largest absolute Gasteiger partial charge is 0.310 e. The lowest BCUT2D eigenvalue weighted by atomic mass is 10.0. The molecule has 0 fully saturated rings. The van der Waals surface area contributed by atoms with Crippen molar-refractivity contribution in [1.29, 1.82) is 0 Å². The van der Waals surface area contributed by atoms with Gasteiger partial charge in [-0.15, -0.1) is 11.3 Å². The molecule has 2 aromatic rings. The number of hydrogen-bond acceptors (Lipinski definition) is 3. The zero-order valence-electron chi connectivity index (χ0n) is 11.6. The summed E-state index contributed by atoms with van der Waals surface area (Å²) in [6.45, 7) is 5.02. The minimum Gasteiger partial charge on any atom is -0.310 e. The van der Waals surface area contributed by atoms with Crippen LogP contribution in [0.4, 0.5) is 4.39 Å². The standard InChI is InChI=1S/C15H18BrFN2S/c1-3-6-18-15(8-12-9-20-10(2)19-12)13-7-11(17)4-5-14(13)16/h4-5,7,9,15,18H,3,6,8H2,1-2H3. The maximum absolute atomic E-state index is 13.5. The average molecular weight is 357 g/mol. The zero-order chi connectivity index (χ0) is 14.5. The second kappa shape index (κ2) is 7.29. The van der Waals surface area contributed by atoms with Crippen LogP contribution in [0.15, 0.2) is 28.1 Å². The van der Waals surface area contributed by atoms with Crippen LogP contribution in [0.3, 0.4) is 0 Å². The van der Waals surface area contributed by atoms with Crippen LogP contribution < -0.4 is 5.32 Å². The van der Waals surface area contributed by atoms with Gasteiger partial charge in [0.1, 0.15) is 5.82 Å². The monoisotopic (exact) mass is 356 g/mol. The SMILES string of the molecule is CCCNC(Cc1csc(C)n1)c1cc(F)ccc1Br. The Labute approximate surface area is 131 Å². The molecule has 0 aliphatic heterocycles. The first-order valence-corrected chi connectivity index (χ1v) is 8.36. The fraction of sp³-hybridized carbons (Fsp3) is 0.400. The van der Waals surface area contributed by atoms with Crippen LogP contribution in [0.2, 0.25) is 0 Å². The number of rotatable bonds is 6. The maximum Gasteiger partial charge on any atom is 0.123 e. The summed E-state index contributed by atoms with van der Waals surface area (Å²) in [7, 11) is 0. The van der Waals surface area contributed by atoms with Crippen molar-refractivity contribution >= 4 is 27.3 Å². The molecule has 108 valence electrons. The predicted octanol–water partition coefficient (Wildman–Crippen LogP) is 4.64. The Balaban J connectivity index is 2.24. The first-order chi connectivity index (χ1) is 9.60. The van der Waals surface area contributed by atoms with E-state index < -0.39 is 0 Å². The number of aromatic nitrogens is 1. The highest BCUT2D eigenvalue weighted by molar-refractivity contribution is 9.10. The molecule has 0 amide bonds. The van der Waals surface area contributed by atoms with Gasteiger partial charge in [-0.1, -0.05) is 22.9 Å². The lowest BCUT2D eigenvalue weighted by Gasteiger charge is -2.19. The second-order valence-corrected chi connectivity index (χ2v) is 6.65. The summed E-state index contributed by atoms with van der Waals surface area (Å²) in [6.07, 6.45) is 1.81. The summed E-state index contributed by atoms with van der Waals surface area (Å²) in [5.41, 5.74) is 2.00. The van der Waals surface area contributed by atoms with Gasteiger partial charge in [-0.3, -0.25) is 0 Å². The summed E-state index contributed by atoms with van der Waals surface area (Å²) >= 11 is 5.17. The molecule has 0 radical (unpaired) electrons. The van der Waals surface area contributed by atoms with E-state index in [2.05, 4.69) is 38.5 Å². The number of benzene rings is 1. The summed E-state index contributed by atoms with van der Waals surface area (Å²) in [4.78, 5) is 4.51. The highest BCUT2D eigenvalue weighted by atomic mass is 79.9. The Morgan fingerprint density at radius 3 is 2.90 bits per heavy atom. The van der Waals surface area contributed by atoms with Crippen molar-refractivity contribution in [3.63, 3.8) is 0 Å². The molecule has 1 aromatic carbocycles. The Hall–Kier alpha value is -0.780. The summed E-state index contributed by atoms with van der Waals surface area (Å²) in [5.74, 6) is -0.207. The molecule has 1 atom stereocenters. The number of nitrogens with zero attached hydrogens (tertiary/aromatic N) is 1. The zero-order valence-corrected chi connectivity index (χ0v) is 14.0. The van der Waals surface area contributed by atoms with Crippen molar-refractivity contribution in [1.82, 2.24) is 10.3 Å². The summed E-state index contributed by atoms with van der Waals surface area (Å²) in [6, 6.07) is 4.90. The van der Waals surface area contributed by atoms with Gasteiger partial charge in [-0.05, 0) is 43.7 Å². The van der Waals surface area contributed by atoms with Gasteiger partial charge < -0.3 is 5.32 Å². The molecule has 1 heterocycles. The van der Waals surface area contributed by atoms with E-state index in [1.54, 1.807) is 23.5 Å². The van der Waals surface area contributed by atoms with E-state index in [-0.39, 0.29) is 11.9 Å². The van der Waals surface area contributed by atoms with Crippen LogP contribution in [0.5, 0.6) is 0 Å². The Bertz CT molecular complexity index is 571. The van der Waals surface area contributed by atoms with Crippen LogP contribution >= 0.6 is 27.3 Å². The Morgan fingerprint density at radius 2 is 2.25 bits per heavy atom. The van der Waals surface area contributed by atoms with Crippen LogP contribution in [-0.4, -0.2) is 11.5 Å². The molecule has 0 saturated heterocycles. The van der Waals surface area contributed by atoms with E-state index in [0.717, 1.165) is 40.1 Å². The Morgan fingerprint density at radius 1 is 1.45 bits per heavy atom. The molecule has 0 aliphatic rings. The van der Waals surface area contributed by atoms with Gasteiger partial charge in [0.05, 0.1) is 10.7 Å². The quantitative estimate of drug-likeness (QED) is 0.815. The first kappa shape index (κ1) is 15.6. The molecule has 0 saturated carbocycles. The number of nitrogens with one attached hydrogen (secondary N) is 1. The molecule has 1 N–H and O–H groups in total. The fourth-order valence-electron chi connectivity index (χ4n) is 2.10. The van der Waals surface area contributed by atoms with Crippen molar-refractivity contribution in [3.05, 3.63) is 50.1 Å². The molecular formula is C15H18BrFN2S. The number of hydrogen-bond donors (Lipinski definition) is 1. The lowest BCUT2D eigenvalue weighted by Crippen LogP contribution is -2.24. The molecular weight excluding hydrogens is 339 g/mol. The van der Waals surface area contributed by atoms with E-state index in [9.17, 15) is 4.39 Å². The second-order valence-electron chi connectivity index (χ2n) is 4.73. The smallest absolute Gasteiger partial charge is 0.123 e. The number of thiazole rings is 1.